The van der Waals surface area contributed by atoms with E-state index in [1.54, 1.807) is 0 Å². The third kappa shape index (κ3) is 7.34. The van der Waals surface area contributed by atoms with Gasteiger partial charge in [0.1, 0.15) is 12.1 Å². The summed E-state index contributed by atoms with van der Waals surface area (Å²) in [7, 11) is 0. The molecule has 0 aliphatic carbocycles. The van der Waals surface area contributed by atoms with Crippen molar-refractivity contribution in [2.24, 2.45) is 11.7 Å². The molecule has 1 rings (SSSR count). The lowest BCUT2D eigenvalue weighted by Gasteiger charge is -2.23. The number of carbonyl (C=O) groups excluding carboxylic acids is 2. The van der Waals surface area contributed by atoms with Gasteiger partial charge in [-0.15, -0.1) is 0 Å². The summed E-state index contributed by atoms with van der Waals surface area (Å²) < 4.78 is 0. The third-order valence-corrected chi connectivity index (χ3v) is 3.65. The molecule has 25 heavy (non-hydrogen) atoms. The van der Waals surface area contributed by atoms with Crippen LogP contribution in [0.5, 0.6) is 0 Å². The van der Waals surface area contributed by atoms with Crippen LogP contribution in [0, 0.1) is 5.92 Å². The summed E-state index contributed by atoms with van der Waals surface area (Å²) >= 11 is 0. The summed E-state index contributed by atoms with van der Waals surface area (Å²) in [5.41, 5.74) is 6.41. The van der Waals surface area contributed by atoms with Crippen molar-refractivity contribution in [3.63, 3.8) is 0 Å². The van der Waals surface area contributed by atoms with Crippen LogP contribution in [0.4, 0.5) is 0 Å². The Labute approximate surface area is 148 Å². The quantitative estimate of drug-likeness (QED) is 0.522. The largest absolute Gasteiger partial charge is 0.480 e. The smallest absolute Gasteiger partial charge is 0.326 e. The van der Waals surface area contributed by atoms with E-state index >= 15 is 0 Å². The molecule has 1 aromatic carbocycles. The molecular weight excluding hydrogens is 322 g/mol. The number of nitrogens with one attached hydrogen (secondary N) is 2. The van der Waals surface area contributed by atoms with Gasteiger partial charge in [0.05, 0.1) is 6.04 Å². The van der Waals surface area contributed by atoms with Crippen LogP contribution < -0.4 is 16.4 Å². The van der Waals surface area contributed by atoms with E-state index in [9.17, 15) is 19.5 Å². The normalized spacial score (nSPS) is 14.4. The molecule has 0 radical (unpaired) electrons. The predicted octanol–water partition coefficient (Wildman–Crippen LogP) is 0.677. The minimum absolute atomic E-state index is 0.104. The van der Waals surface area contributed by atoms with Crippen LogP contribution in [0.2, 0.25) is 0 Å². The minimum Gasteiger partial charge on any atom is -0.480 e. The van der Waals surface area contributed by atoms with Crippen LogP contribution in [0.25, 0.3) is 0 Å². The first-order chi connectivity index (χ1) is 11.7. The summed E-state index contributed by atoms with van der Waals surface area (Å²) in [4.78, 5) is 35.8. The highest BCUT2D eigenvalue weighted by molar-refractivity contribution is 5.91. The van der Waals surface area contributed by atoms with E-state index in [1.807, 2.05) is 44.2 Å². The Morgan fingerprint density at radius 2 is 1.56 bits per heavy atom. The van der Waals surface area contributed by atoms with E-state index < -0.39 is 35.9 Å². The van der Waals surface area contributed by atoms with E-state index in [0.717, 1.165) is 5.56 Å². The van der Waals surface area contributed by atoms with Crippen LogP contribution >= 0.6 is 0 Å². The van der Waals surface area contributed by atoms with E-state index in [0.29, 0.717) is 6.42 Å². The molecule has 7 heteroatoms. The first-order valence-corrected chi connectivity index (χ1v) is 8.33. The second-order valence-corrected chi connectivity index (χ2v) is 6.57. The Kier molecular flexibility index (Phi) is 8.07. The number of rotatable bonds is 9. The molecule has 0 aromatic heterocycles. The van der Waals surface area contributed by atoms with Gasteiger partial charge in [-0.3, -0.25) is 9.59 Å². The van der Waals surface area contributed by atoms with E-state index in [1.165, 1.54) is 6.92 Å². The number of carboxylic acid groups (broad SMARTS) is 1. The summed E-state index contributed by atoms with van der Waals surface area (Å²) in [5.74, 6) is -2.00. The number of benzene rings is 1. The fourth-order valence-electron chi connectivity index (χ4n) is 2.33. The molecule has 7 nitrogen and oxygen atoms in total. The first-order valence-electron chi connectivity index (χ1n) is 8.33. The Balaban J connectivity index is 2.90. The van der Waals surface area contributed by atoms with Crippen LogP contribution in [0.3, 0.4) is 0 Å². The van der Waals surface area contributed by atoms with Crippen LogP contribution in [0.15, 0.2) is 30.3 Å². The molecular formula is C18H27N3O4. The van der Waals surface area contributed by atoms with Gasteiger partial charge in [-0.2, -0.15) is 0 Å². The Hall–Kier alpha value is -2.41. The molecule has 0 bridgehead atoms. The summed E-state index contributed by atoms with van der Waals surface area (Å²) in [6.45, 7) is 5.27. The first kappa shape index (κ1) is 20.6. The molecule has 0 heterocycles. The molecule has 0 saturated carbocycles. The summed E-state index contributed by atoms with van der Waals surface area (Å²) in [6.07, 6.45) is 0.555. The standard InChI is InChI=1S/C18H27N3O4/c1-11(2)9-15(18(24)25)21-17(23)14(20-16(22)12(3)19)10-13-7-5-4-6-8-13/h4-8,11-12,14-15H,9-10,19H2,1-3H3,(H,20,22)(H,21,23)(H,24,25)/t12-,14-,15-/m0/s1. The Morgan fingerprint density at radius 1 is 1.00 bits per heavy atom. The molecule has 5 N–H and O–H groups in total. The van der Waals surface area contributed by atoms with Gasteiger partial charge in [0.2, 0.25) is 11.8 Å². The van der Waals surface area contributed by atoms with E-state index in [-0.39, 0.29) is 12.3 Å². The summed E-state index contributed by atoms with van der Waals surface area (Å²) in [5, 5.41) is 14.4. The fraction of sp³-hybridized carbons (Fsp3) is 0.500. The van der Waals surface area contributed by atoms with Gasteiger partial charge in [-0.1, -0.05) is 44.2 Å². The second-order valence-electron chi connectivity index (χ2n) is 6.57. The van der Waals surface area contributed by atoms with Gasteiger partial charge in [-0.05, 0) is 24.8 Å². The van der Waals surface area contributed by atoms with Crippen LogP contribution in [-0.2, 0) is 20.8 Å². The number of hydrogen-bond acceptors (Lipinski definition) is 4. The van der Waals surface area contributed by atoms with E-state index in [4.69, 9.17) is 5.73 Å². The Morgan fingerprint density at radius 3 is 2.04 bits per heavy atom. The molecule has 0 aliphatic rings. The average Bonchev–Trinajstić information content (AvgIpc) is 2.53. The van der Waals surface area contributed by atoms with Crippen molar-refractivity contribution in [1.29, 1.82) is 0 Å². The number of carbonyl (C=O) groups is 3. The molecule has 0 spiro atoms. The van der Waals surface area contributed by atoms with Crippen molar-refractivity contribution in [2.45, 2.75) is 51.7 Å². The van der Waals surface area contributed by atoms with Crippen LogP contribution in [0.1, 0.15) is 32.8 Å². The molecule has 138 valence electrons. The lowest BCUT2D eigenvalue weighted by atomic mass is 10.0. The van der Waals surface area contributed by atoms with Gasteiger partial charge in [0.25, 0.3) is 0 Å². The van der Waals surface area contributed by atoms with Crippen molar-refractivity contribution in [3.05, 3.63) is 35.9 Å². The van der Waals surface area contributed by atoms with Crippen molar-refractivity contribution < 1.29 is 19.5 Å². The SMILES string of the molecule is CC(C)C[C@H](NC(=O)[C@H](Cc1ccccc1)NC(=O)[C@H](C)N)C(=O)O. The molecule has 2 amide bonds. The molecule has 0 fully saturated rings. The van der Waals surface area contributed by atoms with Crippen molar-refractivity contribution >= 4 is 17.8 Å². The maximum Gasteiger partial charge on any atom is 0.326 e. The lowest BCUT2D eigenvalue weighted by Crippen LogP contribution is -2.55. The minimum atomic E-state index is -1.10. The molecule has 3 atom stereocenters. The van der Waals surface area contributed by atoms with E-state index in [2.05, 4.69) is 10.6 Å². The highest BCUT2D eigenvalue weighted by Gasteiger charge is 2.27. The Bertz CT molecular complexity index is 587. The highest BCUT2D eigenvalue weighted by atomic mass is 16.4. The summed E-state index contributed by atoms with van der Waals surface area (Å²) in [6, 6.07) is 6.52. The number of aliphatic carboxylic acids is 1. The van der Waals surface area contributed by atoms with Crippen molar-refractivity contribution in [2.75, 3.05) is 0 Å². The zero-order valence-electron chi connectivity index (χ0n) is 14.9. The van der Waals surface area contributed by atoms with Gasteiger partial charge in [0, 0.05) is 6.42 Å². The zero-order chi connectivity index (χ0) is 19.0. The molecule has 0 unspecified atom stereocenters. The maximum absolute atomic E-state index is 12.6. The average molecular weight is 349 g/mol. The topological polar surface area (TPSA) is 122 Å². The maximum atomic E-state index is 12.6. The van der Waals surface area contributed by atoms with Crippen molar-refractivity contribution in [3.8, 4) is 0 Å². The zero-order valence-corrected chi connectivity index (χ0v) is 14.9. The number of carboxylic acids is 1. The number of amides is 2. The van der Waals surface area contributed by atoms with Gasteiger partial charge in [0.15, 0.2) is 0 Å². The monoisotopic (exact) mass is 349 g/mol. The number of hydrogen-bond donors (Lipinski definition) is 4. The molecule has 0 aliphatic heterocycles. The van der Waals surface area contributed by atoms with Gasteiger partial charge < -0.3 is 21.5 Å². The second kappa shape index (κ2) is 9.78. The number of nitrogens with two attached hydrogens (primary N) is 1. The lowest BCUT2D eigenvalue weighted by molar-refractivity contribution is -0.142. The molecule has 0 saturated heterocycles. The van der Waals surface area contributed by atoms with Gasteiger partial charge in [-0.25, -0.2) is 4.79 Å². The predicted molar refractivity (Wildman–Crippen MR) is 94.7 cm³/mol. The van der Waals surface area contributed by atoms with Crippen LogP contribution in [-0.4, -0.2) is 41.0 Å². The van der Waals surface area contributed by atoms with Crippen molar-refractivity contribution in [1.82, 2.24) is 10.6 Å². The third-order valence-electron chi connectivity index (χ3n) is 3.65. The molecule has 1 aromatic rings. The fourth-order valence-corrected chi connectivity index (χ4v) is 2.33. The highest BCUT2D eigenvalue weighted by Crippen LogP contribution is 2.08. The van der Waals surface area contributed by atoms with Gasteiger partial charge >= 0.3 is 5.97 Å².